The number of hydrogen-bond donors (Lipinski definition) is 3. The number of anilines is 1. The minimum Gasteiger partial charge on any atom is -0.350 e. The SMILES string of the molecule is CCCCCc1ccc(C(=O)NCCn2cc(CCCCCc3cnc(NC(C)c4ccccc4)[nH]3)nn2)cc1. The van der Waals surface area contributed by atoms with Crippen LogP contribution in [-0.2, 0) is 25.8 Å². The molecular weight excluding hydrogens is 498 g/mol. The Hall–Kier alpha value is -3.94. The Bertz CT molecular complexity index is 1280. The topological polar surface area (TPSA) is 101 Å². The van der Waals surface area contributed by atoms with Crippen molar-refractivity contribution in [3.8, 4) is 0 Å². The van der Waals surface area contributed by atoms with Gasteiger partial charge in [-0.2, -0.15) is 0 Å². The summed E-state index contributed by atoms with van der Waals surface area (Å²) in [7, 11) is 0. The van der Waals surface area contributed by atoms with Crippen LogP contribution in [0.2, 0.25) is 0 Å². The molecule has 1 atom stereocenters. The third-order valence-electron chi connectivity index (χ3n) is 7.16. The van der Waals surface area contributed by atoms with Gasteiger partial charge in [0.1, 0.15) is 0 Å². The molecule has 4 rings (SSSR count). The van der Waals surface area contributed by atoms with Gasteiger partial charge in [-0.1, -0.05) is 73.9 Å². The zero-order chi connectivity index (χ0) is 28.0. The van der Waals surface area contributed by atoms with Crippen molar-refractivity contribution in [1.29, 1.82) is 0 Å². The molecule has 0 bridgehead atoms. The van der Waals surface area contributed by atoms with Gasteiger partial charge in [0.2, 0.25) is 5.95 Å². The lowest BCUT2D eigenvalue weighted by molar-refractivity contribution is 0.0952. The molecule has 0 saturated heterocycles. The number of aromatic nitrogens is 5. The minimum atomic E-state index is -0.0497. The zero-order valence-corrected chi connectivity index (χ0v) is 23.9. The van der Waals surface area contributed by atoms with Gasteiger partial charge in [0, 0.05) is 24.0 Å². The smallest absolute Gasteiger partial charge is 0.251 e. The van der Waals surface area contributed by atoms with E-state index in [0.29, 0.717) is 18.7 Å². The van der Waals surface area contributed by atoms with Crippen LogP contribution in [0.15, 0.2) is 67.0 Å². The van der Waals surface area contributed by atoms with Crippen LogP contribution in [0.5, 0.6) is 0 Å². The van der Waals surface area contributed by atoms with Gasteiger partial charge in [0.25, 0.3) is 5.91 Å². The van der Waals surface area contributed by atoms with Gasteiger partial charge in [0.05, 0.1) is 24.5 Å². The summed E-state index contributed by atoms with van der Waals surface area (Å²) in [5.41, 5.74) is 5.37. The van der Waals surface area contributed by atoms with Crippen LogP contribution >= 0.6 is 0 Å². The summed E-state index contributed by atoms with van der Waals surface area (Å²) in [5.74, 6) is 0.765. The van der Waals surface area contributed by atoms with Crippen LogP contribution in [0, 0.1) is 0 Å². The fourth-order valence-electron chi connectivity index (χ4n) is 4.74. The molecule has 2 aromatic carbocycles. The van der Waals surface area contributed by atoms with E-state index >= 15 is 0 Å². The van der Waals surface area contributed by atoms with Gasteiger partial charge in [-0.25, -0.2) is 4.98 Å². The molecule has 0 aliphatic rings. The third-order valence-corrected chi connectivity index (χ3v) is 7.16. The van der Waals surface area contributed by atoms with Crippen molar-refractivity contribution in [2.45, 2.75) is 84.2 Å². The van der Waals surface area contributed by atoms with E-state index in [4.69, 9.17) is 0 Å². The van der Waals surface area contributed by atoms with E-state index in [0.717, 1.165) is 55.9 Å². The lowest BCUT2D eigenvalue weighted by Gasteiger charge is -2.13. The first kappa shape index (κ1) is 29.1. The van der Waals surface area contributed by atoms with Gasteiger partial charge in [0.15, 0.2) is 0 Å². The van der Waals surface area contributed by atoms with Gasteiger partial charge in [-0.15, -0.1) is 5.10 Å². The molecule has 1 amide bonds. The van der Waals surface area contributed by atoms with Gasteiger partial charge in [-0.05, 0) is 68.7 Å². The van der Waals surface area contributed by atoms with Crippen molar-refractivity contribution in [1.82, 2.24) is 30.3 Å². The summed E-state index contributed by atoms with van der Waals surface area (Å²) >= 11 is 0. The van der Waals surface area contributed by atoms with Gasteiger partial charge in [-0.3, -0.25) is 9.48 Å². The number of unbranched alkanes of at least 4 members (excludes halogenated alkanes) is 4. The summed E-state index contributed by atoms with van der Waals surface area (Å²) in [6.07, 6.45) is 13.8. The number of H-pyrrole nitrogens is 1. The molecule has 0 spiro atoms. The molecule has 8 nitrogen and oxygen atoms in total. The second kappa shape index (κ2) is 15.6. The monoisotopic (exact) mass is 541 g/mol. The van der Waals surface area contributed by atoms with Crippen molar-refractivity contribution in [2.75, 3.05) is 11.9 Å². The average molecular weight is 542 g/mol. The molecule has 212 valence electrons. The molecule has 0 saturated carbocycles. The van der Waals surface area contributed by atoms with Crippen LogP contribution in [0.1, 0.15) is 91.3 Å². The van der Waals surface area contributed by atoms with E-state index < -0.39 is 0 Å². The number of rotatable bonds is 17. The van der Waals surface area contributed by atoms with Crippen molar-refractivity contribution >= 4 is 11.9 Å². The van der Waals surface area contributed by atoms with Crippen LogP contribution in [0.3, 0.4) is 0 Å². The first-order chi connectivity index (χ1) is 19.6. The average Bonchev–Trinajstić information content (AvgIpc) is 3.63. The minimum absolute atomic E-state index is 0.0497. The van der Waals surface area contributed by atoms with Gasteiger partial charge < -0.3 is 15.6 Å². The highest BCUT2D eigenvalue weighted by Gasteiger charge is 2.08. The number of nitrogens with one attached hydrogen (secondary N) is 3. The van der Waals surface area contributed by atoms with E-state index in [2.05, 4.69) is 81.2 Å². The molecule has 40 heavy (non-hydrogen) atoms. The van der Waals surface area contributed by atoms with E-state index in [9.17, 15) is 4.79 Å². The van der Waals surface area contributed by atoms with Crippen LogP contribution in [0.25, 0.3) is 0 Å². The second-order valence-electron chi connectivity index (χ2n) is 10.5. The Morgan fingerprint density at radius 2 is 1.73 bits per heavy atom. The van der Waals surface area contributed by atoms with E-state index in [1.165, 1.54) is 30.4 Å². The number of hydrogen-bond acceptors (Lipinski definition) is 5. The number of aryl methyl sites for hydroxylation is 3. The maximum atomic E-state index is 12.5. The Morgan fingerprint density at radius 1 is 0.950 bits per heavy atom. The highest BCUT2D eigenvalue weighted by molar-refractivity contribution is 5.94. The largest absolute Gasteiger partial charge is 0.350 e. The molecule has 0 fully saturated rings. The van der Waals surface area contributed by atoms with Crippen LogP contribution in [-0.4, -0.2) is 37.4 Å². The maximum Gasteiger partial charge on any atom is 0.251 e. The van der Waals surface area contributed by atoms with Crippen molar-refractivity contribution in [3.63, 3.8) is 0 Å². The standard InChI is InChI=1S/C32H43N7O/c1-3-4-7-12-26-17-19-28(20-18-26)31(40)33-21-22-39-24-30(37-38-39)16-11-6-10-15-29-23-34-32(36-29)35-25(2)27-13-8-5-9-14-27/h5,8-9,13-14,17-20,23-25H,3-4,6-7,10-12,15-16,21-22H2,1-2H3,(H,33,40)(H2,34,35,36). The number of nitrogens with zero attached hydrogens (tertiary/aromatic N) is 4. The third kappa shape index (κ3) is 9.36. The molecule has 2 heterocycles. The summed E-state index contributed by atoms with van der Waals surface area (Å²) in [6.45, 7) is 5.47. The Morgan fingerprint density at radius 3 is 2.52 bits per heavy atom. The highest BCUT2D eigenvalue weighted by Crippen LogP contribution is 2.17. The fourth-order valence-corrected chi connectivity index (χ4v) is 4.74. The summed E-state index contributed by atoms with van der Waals surface area (Å²) in [6, 6.07) is 18.5. The number of carbonyl (C=O) groups is 1. The molecule has 2 aromatic heterocycles. The summed E-state index contributed by atoms with van der Waals surface area (Å²) in [4.78, 5) is 20.3. The van der Waals surface area contributed by atoms with E-state index in [-0.39, 0.29) is 11.9 Å². The molecule has 0 radical (unpaired) electrons. The van der Waals surface area contributed by atoms with Gasteiger partial charge >= 0.3 is 0 Å². The van der Waals surface area contributed by atoms with Crippen LogP contribution in [0.4, 0.5) is 5.95 Å². The van der Waals surface area contributed by atoms with Crippen molar-refractivity contribution in [2.24, 2.45) is 0 Å². The second-order valence-corrected chi connectivity index (χ2v) is 10.5. The lowest BCUT2D eigenvalue weighted by atomic mass is 10.1. The number of benzene rings is 2. The summed E-state index contributed by atoms with van der Waals surface area (Å²) < 4.78 is 1.81. The Labute approximate surface area is 238 Å². The first-order valence-corrected chi connectivity index (χ1v) is 14.7. The van der Waals surface area contributed by atoms with Crippen LogP contribution < -0.4 is 10.6 Å². The number of carbonyl (C=O) groups excluding carboxylic acids is 1. The normalized spacial score (nSPS) is 11.8. The highest BCUT2D eigenvalue weighted by atomic mass is 16.1. The predicted molar refractivity (Wildman–Crippen MR) is 160 cm³/mol. The van der Waals surface area contributed by atoms with E-state index in [1.807, 2.05) is 35.3 Å². The molecule has 3 N–H and O–H groups in total. The predicted octanol–water partition coefficient (Wildman–Crippen LogP) is 6.29. The summed E-state index contributed by atoms with van der Waals surface area (Å²) in [5, 5.41) is 14.9. The lowest BCUT2D eigenvalue weighted by Crippen LogP contribution is -2.27. The first-order valence-electron chi connectivity index (χ1n) is 14.7. The van der Waals surface area contributed by atoms with Crippen molar-refractivity contribution < 1.29 is 4.79 Å². The Balaban J connectivity index is 1.08. The molecule has 1 unspecified atom stereocenters. The number of imidazole rings is 1. The maximum absolute atomic E-state index is 12.5. The molecule has 0 aliphatic carbocycles. The quantitative estimate of drug-likeness (QED) is 0.136. The molecular formula is C32H43N7O. The Kier molecular flexibility index (Phi) is 11.3. The zero-order valence-electron chi connectivity index (χ0n) is 23.9. The molecule has 4 aromatic rings. The number of aromatic amines is 1. The molecule has 0 aliphatic heterocycles. The fraction of sp³-hybridized carbons (Fsp3) is 0.438. The number of amides is 1. The van der Waals surface area contributed by atoms with E-state index in [1.54, 1.807) is 0 Å². The van der Waals surface area contributed by atoms with Crippen molar-refractivity contribution in [3.05, 3.63) is 95.1 Å². The molecule has 8 heteroatoms.